The fourth-order valence-corrected chi connectivity index (χ4v) is 2.06. The van der Waals surface area contributed by atoms with Gasteiger partial charge in [-0.3, -0.25) is 4.99 Å². The zero-order valence-electron chi connectivity index (χ0n) is 12.0. The van der Waals surface area contributed by atoms with E-state index in [1.54, 1.807) is 32.4 Å². The summed E-state index contributed by atoms with van der Waals surface area (Å²) in [5, 5.41) is 16.6. The first-order chi connectivity index (χ1) is 9.63. The van der Waals surface area contributed by atoms with Gasteiger partial charge in [0.2, 0.25) is 0 Å². The summed E-state index contributed by atoms with van der Waals surface area (Å²) >= 11 is 0. The summed E-state index contributed by atoms with van der Waals surface area (Å²) in [6, 6.07) is 5.69. The summed E-state index contributed by atoms with van der Waals surface area (Å²) in [6.07, 6.45) is -0.708. The fraction of sp³-hybridized carbons (Fsp3) is 0.500. The van der Waals surface area contributed by atoms with Gasteiger partial charge in [-0.15, -0.1) is 0 Å². The maximum Gasteiger partial charge on any atom is 0.191 e. The Bertz CT molecular complexity index is 491. The molecule has 3 N–H and O–H groups in total. The molecule has 1 aliphatic heterocycles. The van der Waals surface area contributed by atoms with E-state index >= 15 is 0 Å². The van der Waals surface area contributed by atoms with Crippen molar-refractivity contribution in [1.29, 1.82) is 0 Å². The summed E-state index contributed by atoms with van der Waals surface area (Å²) in [5.41, 5.74) is 0.686. The molecule has 1 heterocycles. The molecule has 0 fully saturated rings. The maximum atomic E-state index is 10.3. The van der Waals surface area contributed by atoms with Crippen molar-refractivity contribution in [2.75, 3.05) is 27.3 Å². The van der Waals surface area contributed by atoms with Crippen molar-refractivity contribution in [2.45, 2.75) is 19.1 Å². The van der Waals surface area contributed by atoms with Gasteiger partial charge in [0.15, 0.2) is 5.96 Å². The van der Waals surface area contributed by atoms with E-state index < -0.39 is 6.10 Å². The maximum absolute atomic E-state index is 10.3. The number of ether oxygens (including phenoxy) is 2. The van der Waals surface area contributed by atoms with Crippen LogP contribution in [0, 0.1) is 0 Å². The molecule has 2 rings (SSSR count). The van der Waals surface area contributed by atoms with Crippen LogP contribution in [0.4, 0.5) is 0 Å². The minimum Gasteiger partial charge on any atom is -0.497 e. The molecule has 0 aliphatic carbocycles. The average molecular weight is 279 g/mol. The van der Waals surface area contributed by atoms with Crippen LogP contribution in [0.5, 0.6) is 11.5 Å². The molecule has 0 radical (unpaired) electrons. The van der Waals surface area contributed by atoms with Crippen LogP contribution < -0.4 is 20.1 Å². The highest BCUT2D eigenvalue weighted by atomic mass is 16.5. The molecule has 2 unspecified atom stereocenters. The van der Waals surface area contributed by atoms with Gasteiger partial charge in [0.1, 0.15) is 11.5 Å². The summed E-state index contributed by atoms with van der Waals surface area (Å²) in [5.74, 6) is 2.04. The van der Waals surface area contributed by atoms with Crippen molar-refractivity contribution in [3.8, 4) is 11.5 Å². The lowest BCUT2D eigenvalue weighted by Crippen LogP contribution is -2.39. The summed E-state index contributed by atoms with van der Waals surface area (Å²) in [6.45, 7) is 3.16. The lowest BCUT2D eigenvalue weighted by atomic mass is 10.1. The Balaban J connectivity index is 2.02. The standard InChI is InChI=1S/C14H21N3O3/c1-9-7-15-14(17-9)16-8-12(18)11-6-10(19-2)4-5-13(11)20-3/h4-6,9,12,18H,7-8H2,1-3H3,(H2,15,16,17). The van der Waals surface area contributed by atoms with Crippen molar-refractivity contribution in [3.63, 3.8) is 0 Å². The van der Waals surface area contributed by atoms with Crippen molar-refractivity contribution >= 4 is 5.96 Å². The molecule has 0 bridgehead atoms. The number of methoxy groups -OCH3 is 2. The van der Waals surface area contributed by atoms with Crippen molar-refractivity contribution < 1.29 is 14.6 Å². The van der Waals surface area contributed by atoms with Gasteiger partial charge in [-0.05, 0) is 25.1 Å². The molecule has 0 saturated heterocycles. The molecule has 20 heavy (non-hydrogen) atoms. The number of nitrogens with zero attached hydrogens (tertiary/aromatic N) is 1. The van der Waals surface area contributed by atoms with Gasteiger partial charge in [0, 0.05) is 18.2 Å². The smallest absolute Gasteiger partial charge is 0.191 e. The van der Waals surface area contributed by atoms with E-state index in [9.17, 15) is 5.11 Å². The number of aliphatic imine (C=N–C) groups is 1. The van der Waals surface area contributed by atoms with Crippen molar-refractivity contribution in [2.24, 2.45) is 4.99 Å². The Kier molecular flexibility index (Phi) is 4.68. The van der Waals surface area contributed by atoms with Crippen molar-refractivity contribution in [3.05, 3.63) is 23.8 Å². The van der Waals surface area contributed by atoms with Gasteiger partial charge < -0.3 is 25.2 Å². The van der Waals surface area contributed by atoms with E-state index in [1.807, 2.05) is 0 Å². The molecular weight excluding hydrogens is 258 g/mol. The van der Waals surface area contributed by atoms with Crippen LogP contribution in [0.15, 0.2) is 23.2 Å². The highest BCUT2D eigenvalue weighted by Crippen LogP contribution is 2.29. The first-order valence-electron chi connectivity index (χ1n) is 6.59. The first-order valence-corrected chi connectivity index (χ1v) is 6.59. The van der Waals surface area contributed by atoms with E-state index in [1.165, 1.54) is 0 Å². The zero-order valence-corrected chi connectivity index (χ0v) is 12.0. The van der Waals surface area contributed by atoms with Gasteiger partial charge in [0.25, 0.3) is 0 Å². The predicted molar refractivity (Wildman–Crippen MR) is 77.4 cm³/mol. The quantitative estimate of drug-likeness (QED) is 0.739. The number of nitrogens with one attached hydrogen (secondary N) is 2. The second kappa shape index (κ2) is 6.47. The third kappa shape index (κ3) is 3.33. The second-order valence-corrected chi connectivity index (χ2v) is 4.74. The third-order valence-electron chi connectivity index (χ3n) is 3.17. The Hall–Kier alpha value is -1.95. The number of hydrogen-bond acceptors (Lipinski definition) is 6. The molecule has 0 spiro atoms. The van der Waals surface area contributed by atoms with Gasteiger partial charge >= 0.3 is 0 Å². The summed E-state index contributed by atoms with van der Waals surface area (Å²) in [4.78, 5) is 4.29. The minimum atomic E-state index is -0.708. The monoisotopic (exact) mass is 279 g/mol. The Morgan fingerprint density at radius 1 is 1.45 bits per heavy atom. The number of guanidine groups is 1. The predicted octanol–water partition coefficient (Wildman–Crippen LogP) is 0.674. The topological polar surface area (TPSA) is 75.1 Å². The van der Waals surface area contributed by atoms with Crippen LogP contribution in [0.1, 0.15) is 18.6 Å². The molecule has 1 aliphatic rings. The van der Waals surface area contributed by atoms with E-state index in [0.717, 1.165) is 12.5 Å². The lowest BCUT2D eigenvalue weighted by Gasteiger charge is -2.17. The largest absolute Gasteiger partial charge is 0.497 e. The molecule has 6 nitrogen and oxygen atoms in total. The highest BCUT2D eigenvalue weighted by molar-refractivity contribution is 5.81. The molecule has 6 heteroatoms. The number of hydrogen-bond donors (Lipinski definition) is 3. The van der Waals surface area contributed by atoms with Gasteiger partial charge in [-0.25, -0.2) is 0 Å². The SMILES string of the molecule is COc1ccc(OC)c(C(O)CNC2=NCC(C)N2)c1. The van der Waals surface area contributed by atoms with Crippen molar-refractivity contribution in [1.82, 2.24) is 10.6 Å². The van der Waals surface area contributed by atoms with Crippen LogP contribution in [-0.4, -0.2) is 44.4 Å². The number of rotatable bonds is 5. The Labute approximate surface area is 118 Å². The molecule has 0 saturated carbocycles. The number of aliphatic hydroxyl groups is 1. The van der Waals surface area contributed by atoms with Gasteiger partial charge in [0.05, 0.1) is 26.9 Å². The fourth-order valence-electron chi connectivity index (χ4n) is 2.06. The molecule has 0 aromatic heterocycles. The van der Waals surface area contributed by atoms with E-state index in [4.69, 9.17) is 9.47 Å². The molecule has 1 aromatic carbocycles. The Morgan fingerprint density at radius 2 is 2.25 bits per heavy atom. The molecule has 110 valence electrons. The molecular formula is C14H21N3O3. The van der Waals surface area contributed by atoms with Crippen LogP contribution in [-0.2, 0) is 0 Å². The second-order valence-electron chi connectivity index (χ2n) is 4.74. The molecule has 2 atom stereocenters. The van der Waals surface area contributed by atoms with E-state index in [2.05, 4.69) is 22.5 Å². The minimum absolute atomic E-state index is 0.334. The normalized spacial score (nSPS) is 19.0. The summed E-state index contributed by atoms with van der Waals surface area (Å²) < 4.78 is 10.4. The van der Waals surface area contributed by atoms with E-state index in [-0.39, 0.29) is 0 Å². The third-order valence-corrected chi connectivity index (χ3v) is 3.17. The van der Waals surface area contributed by atoms with Crippen LogP contribution in [0.2, 0.25) is 0 Å². The number of aliphatic hydroxyl groups excluding tert-OH is 1. The van der Waals surface area contributed by atoms with E-state index in [0.29, 0.717) is 29.6 Å². The number of benzene rings is 1. The average Bonchev–Trinajstić information content (AvgIpc) is 2.89. The summed E-state index contributed by atoms with van der Waals surface area (Å²) in [7, 11) is 3.17. The highest BCUT2D eigenvalue weighted by Gasteiger charge is 2.17. The Morgan fingerprint density at radius 3 is 2.85 bits per heavy atom. The molecule has 1 aromatic rings. The van der Waals surface area contributed by atoms with Crippen LogP contribution in [0.25, 0.3) is 0 Å². The van der Waals surface area contributed by atoms with Gasteiger partial charge in [-0.1, -0.05) is 0 Å². The van der Waals surface area contributed by atoms with Crippen LogP contribution >= 0.6 is 0 Å². The molecule has 0 amide bonds. The first kappa shape index (κ1) is 14.5. The zero-order chi connectivity index (χ0) is 14.5. The van der Waals surface area contributed by atoms with Crippen LogP contribution in [0.3, 0.4) is 0 Å². The lowest BCUT2D eigenvalue weighted by molar-refractivity contribution is 0.176. The van der Waals surface area contributed by atoms with Gasteiger partial charge in [-0.2, -0.15) is 0 Å².